The van der Waals surface area contributed by atoms with Crippen LogP contribution in [0.25, 0.3) is 0 Å². The van der Waals surface area contributed by atoms with Crippen molar-refractivity contribution in [1.82, 2.24) is 9.97 Å². The van der Waals surface area contributed by atoms with Crippen molar-refractivity contribution in [2.24, 2.45) is 0 Å². The van der Waals surface area contributed by atoms with Gasteiger partial charge >= 0.3 is 0 Å². The van der Waals surface area contributed by atoms with Gasteiger partial charge in [-0.15, -0.1) is 0 Å². The standard InChI is InChI=1S/C9H14FN3/c1-2-3-4-6-11-9-12-7-5-8(10)13-9/h5,7H,2-4,6H2,1H3,(H,11,12,13). The van der Waals surface area contributed by atoms with Crippen LogP contribution in [0.3, 0.4) is 0 Å². The molecule has 0 spiro atoms. The second-order valence-corrected chi connectivity index (χ2v) is 2.84. The Labute approximate surface area is 77.4 Å². The summed E-state index contributed by atoms with van der Waals surface area (Å²) in [7, 11) is 0. The van der Waals surface area contributed by atoms with Crippen molar-refractivity contribution in [2.75, 3.05) is 11.9 Å². The molecule has 0 aliphatic heterocycles. The summed E-state index contributed by atoms with van der Waals surface area (Å²) in [6, 6.07) is 1.23. The fourth-order valence-corrected chi connectivity index (χ4v) is 0.997. The summed E-state index contributed by atoms with van der Waals surface area (Å²) in [4.78, 5) is 7.46. The third-order valence-electron chi connectivity index (χ3n) is 1.69. The van der Waals surface area contributed by atoms with E-state index in [1.165, 1.54) is 25.1 Å². The number of hydrogen-bond acceptors (Lipinski definition) is 3. The normalized spacial score (nSPS) is 10.0. The first-order chi connectivity index (χ1) is 6.33. The predicted molar refractivity (Wildman–Crippen MR) is 50.0 cm³/mol. The fourth-order valence-electron chi connectivity index (χ4n) is 0.997. The van der Waals surface area contributed by atoms with Crippen LogP contribution in [0.4, 0.5) is 10.3 Å². The van der Waals surface area contributed by atoms with E-state index in [1.54, 1.807) is 0 Å². The maximum absolute atomic E-state index is 12.6. The molecule has 0 amide bonds. The molecule has 0 unspecified atom stereocenters. The summed E-state index contributed by atoms with van der Waals surface area (Å²) in [5, 5.41) is 2.96. The van der Waals surface area contributed by atoms with Crippen molar-refractivity contribution in [2.45, 2.75) is 26.2 Å². The Morgan fingerprint density at radius 1 is 1.46 bits per heavy atom. The molecule has 0 saturated heterocycles. The third kappa shape index (κ3) is 3.83. The lowest BCUT2D eigenvalue weighted by atomic mass is 10.2. The molecule has 1 heterocycles. The van der Waals surface area contributed by atoms with Crippen LogP contribution in [0, 0.1) is 5.95 Å². The van der Waals surface area contributed by atoms with E-state index in [0.29, 0.717) is 5.95 Å². The van der Waals surface area contributed by atoms with Gasteiger partial charge in [-0.2, -0.15) is 9.37 Å². The Kier molecular flexibility index (Phi) is 4.15. The van der Waals surface area contributed by atoms with E-state index in [9.17, 15) is 4.39 Å². The molecule has 0 radical (unpaired) electrons. The quantitative estimate of drug-likeness (QED) is 0.561. The Hall–Kier alpha value is -1.19. The first-order valence-corrected chi connectivity index (χ1v) is 4.55. The zero-order chi connectivity index (χ0) is 9.52. The van der Waals surface area contributed by atoms with Gasteiger partial charge < -0.3 is 5.32 Å². The van der Waals surface area contributed by atoms with Gasteiger partial charge in [0.2, 0.25) is 11.9 Å². The minimum Gasteiger partial charge on any atom is -0.354 e. The van der Waals surface area contributed by atoms with E-state index >= 15 is 0 Å². The number of halogens is 1. The average Bonchev–Trinajstić information content (AvgIpc) is 2.13. The van der Waals surface area contributed by atoms with Crippen LogP contribution < -0.4 is 5.32 Å². The number of hydrogen-bond donors (Lipinski definition) is 1. The van der Waals surface area contributed by atoms with E-state index < -0.39 is 5.95 Å². The molecule has 0 bridgehead atoms. The van der Waals surface area contributed by atoms with Crippen LogP contribution >= 0.6 is 0 Å². The maximum atomic E-state index is 12.6. The van der Waals surface area contributed by atoms with Gasteiger partial charge in [0.05, 0.1) is 0 Å². The number of rotatable bonds is 5. The van der Waals surface area contributed by atoms with Gasteiger partial charge in [0, 0.05) is 18.8 Å². The first kappa shape index (κ1) is 9.89. The molecule has 1 N–H and O–H groups in total. The predicted octanol–water partition coefficient (Wildman–Crippen LogP) is 2.22. The minimum absolute atomic E-state index is 0.371. The van der Waals surface area contributed by atoms with Gasteiger partial charge in [-0.3, -0.25) is 0 Å². The van der Waals surface area contributed by atoms with Crippen molar-refractivity contribution in [3.8, 4) is 0 Å². The topological polar surface area (TPSA) is 37.8 Å². The highest BCUT2D eigenvalue weighted by molar-refractivity contribution is 5.21. The van der Waals surface area contributed by atoms with Gasteiger partial charge in [-0.1, -0.05) is 19.8 Å². The Balaban J connectivity index is 2.28. The van der Waals surface area contributed by atoms with Crippen LogP contribution in [0.1, 0.15) is 26.2 Å². The Morgan fingerprint density at radius 2 is 2.31 bits per heavy atom. The second kappa shape index (κ2) is 5.45. The molecule has 0 atom stereocenters. The van der Waals surface area contributed by atoms with Crippen molar-refractivity contribution in [3.05, 3.63) is 18.2 Å². The molecule has 1 aromatic heterocycles. The van der Waals surface area contributed by atoms with Crippen LogP contribution in [-0.2, 0) is 0 Å². The third-order valence-corrected chi connectivity index (χ3v) is 1.69. The summed E-state index contributed by atoms with van der Waals surface area (Å²) in [6.45, 7) is 2.94. The van der Waals surface area contributed by atoms with Crippen LogP contribution in [-0.4, -0.2) is 16.5 Å². The number of aromatic nitrogens is 2. The Morgan fingerprint density at radius 3 is 3.00 bits per heavy atom. The molecule has 72 valence electrons. The molecule has 1 aromatic rings. The molecule has 0 aliphatic rings. The SMILES string of the molecule is CCCCCNc1nccc(F)n1. The number of anilines is 1. The number of nitrogens with one attached hydrogen (secondary N) is 1. The Bertz CT molecular complexity index is 252. The van der Waals surface area contributed by atoms with E-state index in [1.807, 2.05) is 0 Å². The maximum Gasteiger partial charge on any atom is 0.225 e. The fraction of sp³-hybridized carbons (Fsp3) is 0.556. The van der Waals surface area contributed by atoms with E-state index in [4.69, 9.17) is 0 Å². The molecule has 13 heavy (non-hydrogen) atoms. The summed E-state index contributed by atoms with van der Waals surface area (Å²) in [5.41, 5.74) is 0. The van der Waals surface area contributed by atoms with Crippen molar-refractivity contribution >= 4 is 5.95 Å². The van der Waals surface area contributed by atoms with Crippen molar-refractivity contribution in [1.29, 1.82) is 0 Å². The molecular weight excluding hydrogens is 169 g/mol. The smallest absolute Gasteiger partial charge is 0.225 e. The first-order valence-electron chi connectivity index (χ1n) is 4.55. The number of nitrogens with zero attached hydrogens (tertiary/aromatic N) is 2. The largest absolute Gasteiger partial charge is 0.354 e. The molecule has 1 rings (SSSR count). The summed E-state index contributed by atoms with van der Waals surface area (Å²) in [5.74, 6) is -0.121. The zero-order valence-corrected chi connectivity index (χ0v) is 7.76. The van der Waals surface area contributed by atoms with Crippen LogP contribution in [0.15, 0.2) is 12.3 Å². The lowest BCUT2D eigenvalue weighted by Gasteiger charge is -2.02. The molecule has 4 heteroatoms. The molecule has 0 aromatic carbocycles. The number of unbranched alkanes of at least 4 members (excludes halogenated alkanes) is 2. The molecule has 0 aliphatic carbocycles. The van der Waals surface area contributed by atoms with Gasteiger partial charge in [-0.05, 0) is 6.42 Å². The van der Waals surface area contributed by atoms with Crippen LogP contribution in [0.2, 0.25) is 0 Å². The summed E-state index contributed by atoms with van der Waals surface area (Å²) in [6.07, 6.45) is 4.81. The van der Waals surface area contributed by atoms with Crippen molar-refractivity contribution in [3.63, 3.8) is 0 Å². The van der Waals surface area contributed by atoms with E-state index in [-0.39, 0.29) is 0 Å². The van der Waals surface area contributed by atoms with Gasteiger partial charge in [0.1, 0.15) is 0 Å². The van der Waals surface area contributed by atoms with Crippen molar-refractivity contribution < 1.29 is 4.39 Å². The average molecular weight is 183 g/mol. The summed E-state index contributed by atoms with van der Waals surface area (Å²) >= 11 is 0. The lowest BCUT2D eigenvalue weighted by molar-refractivity contribution is 0.580. The van der Waals surface area contributed by atoms with Gasteiger partial charge in [0.15, 0.2) is 0 Å². The lowest BCUT2D eigenvalue weighted by Crippen LogP contribution is -2.05. The van der Waals surface area contributed by atoms with Gasteiger partial charge in [-0.25, -0.2) is 4.98 Å². The second-order valence-electron chi connectivity index (χ2n) is 2.84. The van der Waals surface area contributed by atoms with E-state index in [0.717, 1.165) is 13.0 Å². The highest BCUT2D eigenvalue weighted by Crippen LogP contribution is 1.99. The zero-order valence-electron chi connectivity index (χ0n) is 7.76. The molecular formula is C9H14FN3. The highest BCUT2D eigenvalue weighted by atomic mass is 19.1. The van der Waals surface area contributed by atoms with Crippen LogP contribution in [0.5, 0.6) is 0 Å². The summed E-state index contributed by atoms with van der Waals surface area (Å²) < 4.78 is 12.6. The minimum atomic E-state index is -0.493. The highest BCUT2D eigenvalue weighted by Gasteiger charge is 1.95. The monoisotopic (exact) mass is 183 g/mol. The molecule has 0 fully saturated rings. The van der Waals surface area contributed by atoms with Gasteiger partial charge in [0.25, 0.3) is 0 Å². The van der Waals surface area contributed by atoms with E-state index in [2.05, 4.69) is 22.2 Å². The molecule has 3 nitrogen and oxygen atoms in total. The molecule has 0 saturated carbocycles.